The lowest BCUT2D eigenvalue weighted by molar-refractivity contribution is 0.542. The maximum absolute atomic E-state index is 6.59. The first-order chi connectivity index (χ1) is 30.2. The van der Waals surface area contributed by atoms with Crippen LogP contribution in [0.2, 0.25) is 0 Å². The number of nitrogens with zero attached hydrogens (tertiary/aromatic N) is 5. The summed E-state index contributed by atoms with van der Waals surface area (Å²) >= 11 is 0. The van der Waals surface area contributed by atoms with Gasteiger partial charge in [-0.25, -0.2) is 4.98 Å². The largest absolute Gasteiger partial charge is 0.460 e. The molecule has 5 aromatic heterocycles. The number of aromatic nitrogens is 5. The first-order valence-electron chi connectivity index (χ1n) is 21.1. The number of aryl methyl sites for hydroxylation is 1. The molecule has 0 saturated carbocycles. The monoisotopic (exact) mass is 785 g/mol. The molecule has 0 bridgehead atoms. The Bertz CT molecular complexity index is 3790. The lowest BCUT2D eigenvalue weighted by atomic mass is 9.86. The minimum Gasteiger partial charge on any atom is -0.460 e. The summed E-state index contributed by atoms with van der Waals surface area (Å²) in [5.41, 5.74) is 17.2. The summed E-state index contributed by atoms with van der Waals surface area (Å²) in [5, 5.41) is 4.71. The minimum atomic E-state index is 0.133. The molecule has 0 aliphatic heterocycles. The van der Waals surface area contributed by atoms with Gasteiger partial charge in [0.2, 0.25) is 5.78 Å². The van der Waals surface area contributed by atoms with Crippen molar-refractivity contribution in [2.45, 2.75) is 25.3 Å². The van der Waals surface area contributed by atoms with Crippen LogP contribution in [-0.2, 0) is 6.42 Å². The molecular weight excluding hydrogens is 747 g/mol. The predicted molar refractivity (Wildman–Crippen MR) is 253 cm³/mol. The van der Waals surface area contributed by atoms with Gasteiger partial charge in [-0.05, 0) is 109 Å². The van der Waals surface area contributed by atoms with E-state index in [2.05, 4.69) is 189 Å². The zero-order valence-corrected chi connectivity index (χ0v) is 33.4. The highest BCUT2D eigenvalue weighted by Gasteiger charge is 2.26. The van der Waals surface area contributed by atoms with Crippen LogP contribution >= 0.6 is 0 Å². The second-order valence-electron chi connectivity index (χ2n) is 16.3. The second kappa shape index (κ2) is 12.8. The highest BCUT2D eigenvalue weighted by atomic mass is 16.3. The smallest absolute Gasteiger partial charge is 0.216 e. The molecule has 0 saturated heterocycles. The summed E-state index contributed by atoms with van der Waals surface area (Å²) < 4.78 is 16.0. The van der Waals surface area contributed by atoms with Gasteiger partial charge in [-0.3, -0.25) is 4.40 Å². The standard InChI is InChI=1S/C55H39N5O/c1-3-39-40-16-5-8-19-47(40)57(46(39)4-2)37-25-27-49-42(32-37)41-17-6-9-20-48(41)58(49)38-26-29-54-44(33-38)43-31-35(24-28-53(43)61-54)34-14-13-15-36(30-34)59-51-22-11-12-23-52(51)60-50-21-10-7-18-45(50)56-55(59)60/h3-23,25-27,29,31-33,36H,1-2,24,28,30H2/t36-/m1/s1. The van der Waals surface area contributed by atoms with E-state index in [9.17, 15) is 0 Å². The van der Waals surface area contributed by atoms with E-state index in [-0.39, 0.29) is 6.04 Å². The van der Waals surface area contributed by atoms with Gasteiger partial charge in [-0.1, -0.05) is 98.1 Å². The van der Waals surface area contributed by atoms with Crippen LogP contribution in [0.1, 0.15) is 41.5 Å². The molecule has 2 aliphatic rings. The van der Waals surface area contributed by atoms with Gasteiger partial charge in [0.15, 0.2) is 0 Å². The van der Waals surface area contributed by atoms with Crippen LogP contribution in [0.5, 0.6) is 0 Å². The van der Waals surface area contributed by atoms with Gasteiger partial charge < -0.3 is 18.1 Å². The lowest BCUT2D eigenvalue weighted by Gasteiger charge is -2.24. The number of hydrogen-bond donors (Lipinski definition) is 0. The molecule has 61 heavy (non-hydrogen) atoms. The molecule has 0 N–H and O–H groups in total. The molecule has 0 spiro atoms. The molecule has 2 aliphatic carbocycles. The van der Waals surface area contributed by atoms with Crippen molar-refractivity contribution in [2.24, 2.45) is 0 Å². The molecule has 0 radical (unpaired) electrons. The van der Waals surface area contributed by atoms with Crippen molar-refractivity contribution < 1.29 is 4.42 Å². The molecule has 1 atom stereocenters. The molecular formula is C55H39N5O. The Hall–Kier alpha value is -7.83. The third-order valence-electron chi connectivity index (χ3n) is 13.2. The normalized spacial score (nSPS) is 15.4. The number of furan rings is 1. The van der Waals surface area contributed by atoms with E-state index in [0.717, 1.165) is 92.0 Å². The third kappa shape index (κ3) is 4.81. The minimum absolute atomic E-state index is 0.133. The Balaban J connectivity index is 0.905. The summed E-state index contributed by atoms with van der Waals surface area (Å²) in [5.74, 6) is 2.04. The Kier molecular flexibility index (Phi) is 7.17. The number of fused-ring (bicyclic) bond motifs is 12. The number of para-hydroxylation sites is 6. The van der Waals surface area contributed by atoms with Crippen LogP contribution in [0.25, 0.3) is 101 Å². The van der Waals surface area contributed by atoms with E-state index in [4.69, 9.17) is 9.40 Å². The molecule has 6 nitrogen and oxygen atoms in total. The Morgan fingerprint density at radius 2 is 1.30 bits per heavy atom. The van der Waals surface area contributed by atoms with Gasteiger partial charge in [0.1, 0.15) is 11.3 Å². The maximum Gasteiger partial charge on any atom is 0.216 e. The molecule has 290 valence electrons. The van der Waals surface area contributed by atoms with Crippen molar-refractivity contribution >= 4 is 89.8 Å². The van der Waals surface area contributed by atoms with Gasteiger partial charge >= 0.3 is 0 Å². The van der Waals surface area contributed by atoms with Crippen LogP contribution in [0.15, 0.2) is 180 Å². The summed E-state index contributed by atoms with van der Waals surface area (Å²) in [6.07, 6.45) is 15.9. The number of hydrogen-bond acceptors (Lipinski definition) is 2. The van der Waals surface area contributed by atoms with Crippen LogP contribution in [0.4, 0.5) is 0 Å². The topological polar surface area (TPSA) is 45.2 Å². The molecule has 0 fully saturated rings. The van der Waals surface area contributed by atoms with Crippen LogP contribution in [-0.4, -0.2) is 23.1 Å². The summed E-state index contributed by atoms with van der Waals surface area (Å²) in [6.45, 7) is 8.35. The molecule has 6 heteroatoms. The molecule has 13 rings (SSSR count). The lowest BCUT2D eigenvalue weighted by Crippen LogP contribution is -2.12. The van der Waals surface area contributed by atoms with Crippen molar-refractivity contribution in [3.8, 4) is 11.4 Å². The van der Waals surface area contributed by atoms with Crippen LogP contribution < -0.4 is 0 Å². The molecule has 0 amide bonds. The highest BCUT2D eigenvalue weighted by Crippen LogP contribution is 2.42. The van der Waals surface area contributed by atoms with E-state index in [1.165, 1.54) is 43.9 Å². The van der Waals surface area contributed by atoms with E-state index < -0.39 is 0 Å². The fourth-order valence-corrected chi connectivity index (χ4v) is 10.5. The Morgan fingerprint density at radius 3 is 2.13 bits per heavy atom. The first kappa shape index (κ1) is 34.1. The molecule has 0 unspecified atom stereocenters. The van der Waals surface area contributed by atoms with E-state index in [1.54, 1.807) is 0 Å². The van der Waals surface area contributed by atoms with E-state index in [0.29, 0.717) is 0 Å². The van der Waals surface area contributed by atoms with E-state index in [1.807, 2.05) is 12.2 Å². The molecule has 5 heterocycles. The summed E-state index contributed by atoms with van der Waals surface area (Å²) in [4.78, 5) is 5.16. The number of benzene rings is 6. The zero-order chi connectivity index (χ0) is 40.3. The van der Waals surface area contributed by atoms with Crippen molar-refractivity contribution in [1.82, 2.24) is 23.1 Å². The Labute approximate surface area is 351 Å². The summed E-state index contributed by atoms with van der Waals surface area (Å²) in [7, 11) is 0. The van der Waals surface area contributed by atoms with E-state index >= 15 is 0 Å². The van der Waals surface area contributed by atoms with Crippen LogP contribution in [0, 0.1) is 0 Å². The molecule has 11 aromatic rings. The fraction of sp³-hybridized carbons (Fsp3) is 0.0727. The van der Waals surface area contributed by atoms with Crippen molar-refractivity contribution in [3.63, 3.8) is 0 Å². The number of imidazole rings is 2. The third-order valence-corrected chi connectivity index (χ3v) is 13.2. The highest BCUT2D eigenvalue weighted by molar-refractivity contribution is 6.10. The van der Waals surface area contributed by atoms with Gasteiger partial charge in [0.25, 0.3) is 0 Å². The number of allylic oxidation sites excluding steroid dienone is 5. The van der Waals surface area contributed by atoms with Crippen molar-refractivity contribution in [3.05, 3.63) is 199 Å². The fourth-order valence-electron chi connectivity index (χ4n) is 10.5. The van der Waals surface area contributed by atoms with Gasteiger partial charge in [-0.15, -0.1) is 0 Å². The second-order valence-corrected chi connectivity index (χ2v) is 16.3. The van der Waals surface area contributed by atoms with Crippen molar-refractivity contribution in [1.29, 1.82) is 0 Å². The quantitative estimate of drug-likeness (QED) is 0.169. The van der Waals surface area contributed by atoms with Crippen LogP contribution in [0.3, 0.4) is 0 Å². The maximum atomic E-state index is 6.59. The SMILES string of the molecule is C=Cc1c(C=C)n(-c2ccc3c(c2)c2ccccc2n3-c2ccc3oc4c(c3c2)C=C(C2=CC=C[C@@H](n3c5ccccc5n5c6ccccc6nc35)C2)CC4)c2ccccc12. The number of rotatable bonds is 6. The average molecular weight is 786 g/mol. The van der Waals surface area contributed by atoms with Gasteiger partial charge in [0.05, 0.1) is 50.4 Å². The first-order valence-corrected chi connectivity index (χ1v) is 21.1. The summed E-state index contributed by atoms with van der Waals surface area (Å²) in [6, 6.07) is 48.0. The van der Waals surface area contributed by atoms with Gasteiger partial charge in [0, 0.05) is 50.5 Å². The average Bonchev–Trinajstić information content (AvgIpc) is 4.11. The predicted octanol–water partition coefficient (Wildman–Crippen LogP) is 14.0. The molecule has 6 aromatic carbocycles. The Morgan fingerprint density at radius 1 is 0.607 bits per heavy atom. The van der Waals surface area contributed by atoms with Crippen molar-refractivity contribution in [2.75, 3.05) is 0 Å². The zero-order valence-electron chi connectivity index (χ0n) is 33.4. The van der Waals surface area contributed by atoms with Gasteiger partial charge in [-0.2, -0.15) is 0 Å².